The molecule has 1 aromatic carbocycles. The van der Waals surface area contributed by atoms with Crippen molar-refractivity contribution in [2.75, 3.05) is 31.7 Å². The highest BCUT2D eigenvalue weighted by Crippen LogP contribution is 2.49. The highest BCUT2D eigenvalue weighted by Gasteiger charge is 2.51. The first kappa shape index (κ1) is 20.5. The lowest BCUT2D eigenvalue weighted by Crippen LogP contribution is -2.56. The first-order valence-electron chi connectivity index (χ1n) is 11.4. The van der Waals surface area contributed by atoms with E-state index in [-0.39, 0.29) is 12.5 Å². The molecule has 3 aliphatic rings. The number of amides is 1. The Hall–Kier alpha value is -1.75. The molecule has 2 bridgehead atoms. The van der Waals surface area contributed by atoms with E-state index in [2.05, 4.69) is 25.7 Å². The maximum Gasteiger partial charge on any atom is 0.265 e. The van der Waals surface area contributed by atoms with Gasteiger partial charge in [0.1, 0.15) is 11.5 Å². The van der Waals surface area contributed by atoms with Crippen LogP contribution in [0.1, 0.15) is 59.3 Å². The summed E-state index contributed by atoms with van der Waals surface area (Å²) in [6.07, 6.45) is 7.97. The van der Waals surface area contributed by atoms with Gasteiger partial charge in [-0.05, 0) is 49.7 Å². The summed E-state index contributed by atoms with van der Waals surface area (Å²) in [6.45, 7) is 8.98. The fourth-order valence-electron chi connectivity index (χ4n) is 5.99. The standard InChI is InChI=1S/C24H36N2O3/c1-5-18(3)24-11-6-7-19(10-12-24)26(24)15-17(2)14-25-21-13-20(28-4)8-9-22(21)29-16-23(25)27/h8-9,13,17-19H,5-7,10-12,14-16H2,1-4H3/t17?,18?,19-,24+/m0/s1. The third kappa shape index (κ3) is 3.63. The minimum absolute atomic E-state index is 0.0378. The van der Waals surface area contributed by atoms with E-state index in [9.17, 15) is 4.79 Å². The highest BCUT2D eigenvalue weighted by atomic mass is 16.5. The van der Waals surface area contributed by atoms with E-state index in [0.29, 0.717) is 11.5 Å². The van der Waals surface area contributed by atoms with Gasteiger partial charge in [-0.3, -0.25) is 9.69 Å². The van der Waals surface area contributed by atoms with Gasteiger partial charge >= 0.3 is 0 Å². The minimum Gasteiger partial charge on any atom is -0.497 e. The maximum atomic E-state index is 12.7. The topological polar surface area (TPSA) is 42.0 Å². The number of carbonyl (C=O) groups excluding carboxylic acids is 1. The van der Waals surface area contributed by atoms with Crippen LogP contribution in [0.15, 0.2) is 18.2 Å². The van der Waals surface area contributed by atoms with E-state index < -0.39 is 0 Å². The number of ether oxygens (including phenoxy) is 2. The van der Waals surface area contributed by atoms with Crippen molar-refractivity contribution >= 4 is 11.6 Å². The van der Waals surface area contributed by atoms with Crippen molar-refractivity contribution in [2.45, 2.75) is 70.9 Å². The number of methoxy groups -OCH3 is 1. The van der Waals surface area contributed by atoms with Crippen molar-refractivity contribution in [3.63, 3.8) is 0 Å². The van der Waals surface area contributed by atoms with Crippen LogP contribution in [-0.4, -0.2) is 49.2 Å². The average molecular weight is 401 g/mol. The van der Waals surface area contributed by atoms with Crippen LogP contribution in [0, 0.1) is 11.8 Å². The van der Waals surface area contributed by atoms with E-state index in [1.165, 1.54) is 38.5 Å². The molecule has 29 heavy (non-hydrogen) atoms. The fourth-order valence-corrected chi connectivity index (χ4v) is 5.99. The average Bonchev–Trinajstić information content (AvgIpc) is 2.93. The van der Waals surface area contributed by atoms with Gasteiger partial charge in [0.2, 0.25) is 0 Å². The second-order valence-electron chi connectivity index (χ2n) is 9.38. The number of rotatable bonds is 7. The number of carbonyl (C=O) groups is 1. The monoisotopic (exact) mass is 400 g/mol. The van der Waals surface area contributed by atoms with Crippen molar-refractivity contribution in [1.82, 2.24) is 4.90 Å². The molecule has 0 spiro atoms. The Bertz CT molecular complexity index is 748. The van der Waals surface area contributed by atoms with Gasteiger partial charge in [0.05, 0.1) is 12.8 Å². The molecule has 4 atom stereocenters. The van der Waals surface area contributed by atoms with Gasteiger partial charge in [-0.15, -0.1) is 0 Å². The third-order valence-corrected chi connectivity index (χ3v) is 7.71. The Balaban J connectivity index is 1.51. The maximum absolute atomic E-state index is 12.7. The molecular weight excluding hydrogens is 364 g/mol. The predicted molar refractivity (Wildman–Crippen MR) is 116 cm³/mol. The number of hydrogen-bond acceptors (Lipinski definition) is 4. The Kier molecular flexibility index (Phi) is 5.78. The van der Waals surface area contributed by atoms with Gasteiger partial charge in [-0.1, -0.05) is 33.6 Å². The molecule has 0 radical (unpaired) electrons. The molecule has 3 heterocycles. The Morgan fingerprint density at radius 2 is 2.07 bits per heavy atom. The molecule has 4 rings (SSSR count). The number of benzene rings is 1. The van der Waals surface area contributed by atoms with Crippen LogP contribution in [-0.2, 0) is 4.79 Å². The minimum atomic E-state index is 0.0378. The van der Waals surface area contributed by atoms with Gasteiger partial charge in [-0.25, -0.2) is 0 Å². The van der Waals surface area contributed by atoms with Gasteiger partial charge in [0.25, 0.3) is 5.91 Å². The van der Waals surface area contributed by atoms with E-state index in [1.54, 1.807) is 7.11 Å². The summed E-state index contributed by atoms with van der Waals surface area (Å²) in [5, 5.41) is 0. The van der Waals surface area contributed by atoms with E-state index in [0.717, 1.165) is 42.2 Å². The largest absolute Gasteiger partial charge is 0.497 e. The Labute approximate surface area is 175 Å². The highest BCUT2D eigenvalue weighted by molar-refractivity contribution is 5.98. The fraction of sp³-hybridized carbons (Fsp3) is 0.708. The lowest BCUT2D eigenvalue weighted by molar-refractivity contribution is -0.121. The van der Waals surface area contributed by atoms with E-state index in [1.807, 2.05) is 23.1 Å². The third-order valence-electron chi connectivity index (χ3n) is 7.71. The molecule has 1 amide bonds. The second-order valence-corrected chi connectivity index (χ2v) is 9.38. The van der Waals surface area contributed by atoms with Gasteiger partial charge in [0.15, 0.2) is 6.61 Å². The lowest BCUT2D eigenvalue weighted by atomic mass is 9.76. The zero-order chi connectivity index (χ0) is 20.6. The van der Waals surface area contributed by atoms with Crippen LogP contribution in [0.4, 0.5) is 5.69 Å². The molecule has 2 fully saturated rings. The van der Waals surface area contributed by atoms with Gasteiger partial charge in [0, 0.05) is 30.7 Å². The smallest absolute Gasteiger partial charge is 0.265 e. The first-order chi connectivity index (χ1) is 14.0. The summed E-state index contributed by atoms with van der Waals surface area (Å²) in [5.41, 5.74) is 1.22. The second kappa shape index (κ2) is 8.17. The van der Waals surface area contributed by atoms with Crippen LogP contribution in [0.25, 0.3) is 0 Å². The molecule has 0 N–H and O–H groups in total. The summed E-state index contributed by atoms with van der Waals surface area (Å²) in [6, 6.07) is 6.44. The summed E-state index contributed by atoms with van der Waals surface area (Å²) >= 11 is 0. The van der Waals surface area contributed by atoms with E-state index in [4.69, 9.17) is 9.47 Å². The molecule has 160 valence electrons. The summed E-state index contributed by atoms with van der Waals surface area (Å²) < 4.78 is 11.0. The Morgan fingerprint density at radius 3 is 2.83 bits per heavy atom. The molecule has 2 saturated heterocycles. The zero-order valence-corrected chi connectivity index (χ0v) is 18.4. The molecule has 3 aliphatic heterocycles. The van der Waals surface area contributed by atoms with Gasteiger partial charge in [-0.2, -0.15) is 0 Å². The molecule has 1 aromatic rings. The summed E-state index contributed by atoms with van der Waals surface area (Å²) in [7, 11) is 1.65. The quantitative estimate of drug-likeness (QED) is 0.676. The molecule has 0 saturated carbocycles. The molecule has 5 nitrogen and oxygen atoms in total. The number of nitrogens with zero attached hydrogens (tertiary/aromatic N) is 2. The number of hydrogen-bond donors (Lipinski definition) is 0. The zero-order valence-electron chi connectivity index (χ0n) is 18.4. The first-order valence-corrected chi connectivity index (χ1v) is 11.4. The lowest BCUT2D eigenvalue weighted by Gasteiger charge is -2.50. The molecule has 0 aliphatic carbocycles. The number of piperidine rings is 1. The normalized spacial score (nSPS) is 28.6. The predicted octanol–water partition coefficient (Wildman–Crippen LogP) is 4.49. The summed E-state index contributed by atoms with van der Waals surface area (Å²) in [5.74, 6) is 2.69. The van der Waals surface area contributed by atoms with E-state index >= 15 is 0 Å². The van der Waals surface area contributed by atoms with Crippen molar-refractivity contribution in [3.8, 4) is 11.5 Å². The van der Waals surface area contributed by atoms with Crippen LogP contribution < -0.4 is 14.4 Å². The van der Waals surface area contributed by atoms with Crippen LogP contribution in [0.2, 0.25) is 0 Å². The molecule has 5 heteroatoms. The van der Waals surface area contributed by atoms with Crippen molar-refractivity contribution < 1.29 is 14.3 Å². The molecule has 0 aromatic heterocycles. The van der Waals surface area contributed by atoms with Crippen LogP contribution in [0.3, 0.4) is 0 Å². The van der Waals surface area contributed by atoms with Crippen molar-refractivity contribution in [1.29, 1.82) is 0 Å². The van der Waals surface area contributed by atoms with Gasteiger partial charge < -0.3 is 14.4 Å². The van der Waals surface area contributed by atoms with Crippen molar-refractivity contribution in [3.05, 3.63) is 18.2 Å². The number of anilines is 1. The van der Waals surface area contributed by atoms with Crippen LogP contribution in [0.5, 0.6) is 11.5 Å². The SMILES string of the molecule is CCC(C)[C@@]12CCC[C@@H](CC1)N2CC(C)CN1C(=O)COc2ccc(OC)cc21. The summed E-state index contributed by atoms with van der Waals surface area (Å²) in [4.78, 5) is 17.4. The Morgan fingerprint density at radius 1 is 1.24 bits per heavy atom. The molecule has 2 unspecified atom stereocenters. The van der Waals surface area contributed by atoms with Crippen molar-refractivity contribution in [2.24, 2.45) is 11.8 Å². The number of fused-ring (bicyclic) bond motifs is 3. The molecular formula is C24H36N2O3. The van der Waals surface area contributed by atoms with Crippen LogP contribution >= 0.6 is 0 Å².